The zero-order valence-corrected chi connectivity index (χ0v) is 11.2. The SMILES string of the molecule is Cc1cc2ncn([C@H]3CC(=O)N(C)C3=O)c2cc1C. The molecular weight excluding hydrogens is 242 g/mol. The second-order valence-corrected chi connectivity index (χ2v) is 5.09. The van der Waals surface area contributed by atoms with Crippen molar-refractivity contribution in [2.24, 2.45) is 0 Å². The maximum atomic E-state index is 12.1. The van der Waals surface area contributed by atoms with Gasteiger partial charge in [0.15, 0.2) is 0 Å². The Morgan fingerprint density at radius 1 is 1.21 bits per heavy atom. The number of aryl methyl sites for hydroxylation is 2. The molecule has 98 valence electrons. The molecule has 0 spiro atoms. The van der Waals surface area contributed by atoms with Gasteiger partial charge in [0.1, 0.15) is 6.04 Å². The van der Waals surface area contributed by atoms with Gasteiger partial charge in [0.05, 0.1) is 23.8 Å². The van der Waals surface area contributed by atoms with Crippen LogP contribution in [0.3, 0.4) is 0 Å². The van der Waals surface area contributed by atoms with Gasteiger partial charge >= 0.3 is 0 Å². The second-order valence-electron chi connectivity index (χ2n) is 5.09. The van der Waals surface area contributed by atoms with E-state index >= 15 is 0 Å². The van der Waals surface area contributed by atoms with Crippen molar-refractivity contribution in [2.45, 2.75) is 26.3 Å². The summed E-state index contributed by atoms with van der Waals surface area (Å²) in [5.41, 5.74) is 4.09. The first-order valence-corrected chi connectivity index (χ1v) is 6.23. The molecule has 1 fully saturated rings. The van der Waals surface area contributed by atoms with Crippen LogP contribution in [0, 0.1) is 13.8 Å². The van der Waals surface area contributed by atoms with Gasteiger partial charge in [0.2, 0.25) is 5.91 Å². The van der Waals surface area contributed by atoms with Crippen LogP contribution in [-0.2, 0) is 9.59 Å². The van der Waals surface area contributed by atoms with E-state index in [1.807, 2.05) is 30.5 Å². The maximum absolute atomic E-state index is 12.1. The Kier molecular flexibility index (Phi) is 2.45. The van der Waals surface area contributed by atoms with Gasteiger partial charge in [-0.15, -0.1) is 0 Å². The Balaban J connectivity index is 2.14. The van der Waals surface area contributed by atoms with E-state index in [0.717, 1.165) is 16.6 Å². The Bertz CT molecular complexity index is 702. The van der Waals surface area contributed by atoms with Crippen LogP contribution >= 0.6 is 0 Å². The highest BCUT2D eigenvalue weighted by molar-refractivity contribution is 6.04. The zero-order chi connectivity index (χ0) is 13.7. The quantitative estimate of drug-likeness (QED) is 0.729. The number of hydrogen-bond acceptors (Lipinski definition) is 3. The third kappa shape index (κ3) is 1.65. The smallest absolute Gasteiger partial charge is 0.252 e. The van der Waals surface area contributed by atoms with E-state index in [9.17, 15) is 9.59 Å². The molecule has 2 aromatic rings. The van der Waals surface area contributed by atoms with E-state index in [-0.39, 0.29) is 18.2 Å². The lowest BCUT2D eigenvalue weighted by molar-refractivity contribution is -0.137. The van der Waals surface area contributed by atoms with Crippen LogP contribution in [-0.4, -0.2) is 33.3 Å². The average Bonchev–Trinajstić information content (AvgIpc) is 2.87. The molecule has 1 aromatic heterocycles. The summed E-state index contributed by atoms with van der Waals surface area (Å²) in [6.45, 7) is 4.06. The van der Waals surface area contributed by atoms with Crippen LogP contribution in [0.25, 0.3) is 11.0 Å². The van der Waals surface area contributed by atoms with E-state index < -0.39 is 6.04 Å². The largest absolute Gasteiger partial charge is 0.317 e. The van der Waals surface area contributed by atoms with Crippen molar-refractivity contribution in [1.82, 2.24) is 14.5 Å². The Morgan fingerprint density at radius 2 is 1.89 bits per heavy atom. The molecular formula is C14H15N3O2. The first kappa shape index (κ1) is 11.9. The summed E-state index contributed by atoms with van der Waals surface area (Å²) in [5.74, 6) is -0.303. The van der Waals surface area contributed by atoms with Crippen molar-refractivity contribution in [2.75, 3.05) is 7.05 Å². The molecule has 1 aliphatic rings. The number of nitrogens with zero attached hydrogens (tertiary/aromatic N) is 3. The van der Waals surface area contributed by atoms with Crippen molar-refractivity contribution < 1.29 is 9.59 Å². The number of carbonyl (C=O) groups excluding carboxylic acids is 2. The molecule has 1 saturated heterocycles. The molecule has 1 atom stereocenters. The first-order chi connectivity index (χ1) is 8.99. The third-order valence-electron chi connectivity index (χ3n) is 3.88. The summed E-state index contributed by atoms with van der Waals surface area (Å²) < 4.78 is 1.81. The molecule has 1 aliphatic heterocycles. The van der Waals surface area contributed by atoms with Gasteiger partial charge in [-0.05, 0) is 37.1 Å². The number of aromatic nitrogens is 2. The normalized spacial score (nSPS) is 19.7. The average molecular weight is 257 g/mol. The van der Waals surface area contributed by atoms with Crippen LogP contribution < -0.4 is 0 Å². The second kappa shape index (κ2) is 3.91. The summed E-state index contributed by atoms with van der Waals surface area (Å²) in [6.07, 6.45) is 1.87. The fourth-order valence-electron chi connectivity index (χ4n) is 2.48. The van der Waals surface area contributed by atoms with Gasteiger partial charge < -0.3 is 4.57 Å². The van der Waals surface area contributed by atoms with Gasteiger partial charge in [0.25, 0.3) is 5.91 Å². The van der Waals surface area contributed by atoms with Crippen molar-refractivity contribution >= 4 is 22.8 Å². The number of likely N-dealkylation sites (N-methyl/N-ethyl adjacent to an activating group) is 1. The van der Waals surface area contributed by atoms with Crippen LogP contribution in [0.4, 0.5) is 0 Å². The Labute approximate surface area is 110 Å². The van der Waals surface area contributed by atoms with E-state index in [1.165, 1.54) is 17.5 Å². The topological polar surface area (TPSA) is 55.2 Å². The highest BCUT2D eigenvalue weighted by Crippen LogP contribution is 2.28. The summed E-state index contributed by atoms with van der Waals surface area (Å²) in [6, 6.07) is 3.57. The molecule has 2 heterocycles. The minimum Gasteiger partial charge on any atom is -0.317 e. The molecule has 3 rings (SSSR count). The number of amides is 2. The monoisotopic (exact) mass is 257 g/mol. The lowest BCUT2D eigenvalue weighted by atomic mass is 10.1. The van der Waals surface area contributed by atoms with Crippen molar-refractivity contribution in [3.05, 3.63) is 29.6 Å². The number of fused-ring (bicyclic) bond motifs is 1. The van der Waals surface area contributed by atoms with E-state index in [0.29, 0.717) is 0 Å². The Morgan fingerprint density at radius 3 is 2.53 bits per heavy atom. The lowest BCUT2D eigenvalue weighted by Crippen LogP contribution is -2.26. The minimum absolute atomic E-state index is 0.138. The van der Waals surface area contributed by atoms with Crippen LogP contribution in [0.1, 0.15) is 23.6 Å². The van der Waals surface area contributed by atoms with Crippen molar-refractivity contribution in [3.63, 3.8) is 0 Å². The standard InChI is InChI=1S/C14H15N3O2/c1-8-4-10-11(5-9(8)2)17(7-15-10)12-6-13(18)16(3)14(12)19/h4-5,7,12H,6H2,1-3H3/t12-/m0/s1. The van der Waals surface area contributed by atoms with Gasteiger partial charge in [0, 0.05) is 7.05 Å². The first-order valence-electron chi connectivity index (χ1n) is 6.23. The number of benzene rings is 1. The molecule has 5 nitrogen and oxygen atoms in total. The molecule has 19 heavy (non-hydrogen) atoms. The molecule has 0 N–H and O–H groups in total. The third-order valence-corrected chi connectivity index (χ3v) is 3.88. The highest BCUT2D eigenvalue weighted by atomic mass is 16.2. The van der Waals surface area contributed by atoms with Crippen LogP contribution in [0.15, 0.2) is 18.5 Å². The minimum atomic E-state index is -0.454. The molecule has 5 heteroatoms. The van der Waals surface area contributed by atoms with Gasteiger partial charge in [-0.2, -0.15) is 0 Å². The summed E-state index contributed by atoms with van der Waals surface area (Å²) in [7, 11) is 1.53. The molecule has 0 unspecified atom stereocenters. The van der Waals surface area contributed by atoms with Gasteiger partial charge in [-0.1, -0.05) is 0 Å². The van der Waals surface area contributed by atoms with Crippen molar-refractivity contribution in [1.29, 1.82) is 0 Å². The molecule has 1 aromatic carbocycles. The number of hydrogen-bond donors (Lipinski definition) is 0. The number of carbonyl (C=O) groups is 2. The number of imide groups is 1. The fraction of sp³-hybridized carbons (Fsp3) is 0.357. The zero-order valence-electron chi connectivity index (χ0n) is 11.2. The molecule has 0 bridgehead atoms. The fourth-order valence-corrected chi connectivity index (χ4v) is 2.48. The predicted molar refractivity (Wildman–Crippen MR) is 70.6 cm³/mol. The highest BCUT2D eigenvalue weighted by Gasteiger charge is 2.37. The lowest BCUT2D eigenvalue weighted by Gasteiger charge is -2.12. The summed E-state index contributed by atoms with van der Waals surface area (Å²) >= 11 is 0. The van der Waals surface area contributed by atoms with Gasteiger partial charge in [-0.25, -0.2) is 4.98 Å². The van der Waals surface area contributed by atoms with Crippen molar-refractivity contribution in [3.8, 4) is 0 Å². The van der Waals surface area contributed by atoms with Crippen LogP contribution in [0.2, 0.25) is 0 Å². The van der Waals surface area contributed by atoms with E-state index in [1.54, 1.807) is 6.33 Å². The molecule has 0 aliphatic carbocycles. The van der Waals surface area contributed by atoms with E-state index in [4.69, 9.17) is 0 Å². The number of rotatable bonds is 1. The predicted octanol–water partition coefficient (Wildman–Crippen LogP) is 1.58. The Hall–Kier alpha value is -2.17. The number of imidazole rings is 1. The summed E-state index contributed by atoms with van der Waals surface area (Å²) in [4.78, 5) is 29.2. The van der Waals surface area contributed by atoms with Crippen LogP contribution in [0.5, 0.6) is 0 Å². The maximum Gasteiger partial charge on any atom is 0.252 e. The molecule has 2 amide bonds. The molecule has 0 radical (unpaired) electrons. The van der Waals surface area contributed by atoms with Gasteiger partial charge in [-0.3, -0.25) is 14.5 Å². The van der Waals surface area contributed by atoms with E-state index in [2.05, 4.69) is 4.98 Å². The summed E-state index contributed by atoms with van der Waals surface area (Å²) in [5, 5.41) is 0. The number of likely N-dealkylation sites (tertiary alicyclic amines) is 1. The molecule has 0 saturated carbocycles.